The molecule has 5 heterocycles. The van der Waals surface area contributed by atoms with Crippen molar-refractivity contribution in [2.24, 2.45) is 0 Å². The van der Waals surface area contributed by atoms with Crippen LogP contribution in [0.5, 0.6) is 0 Å². The highest BCUT2D eigenvalue weighted by Crippen LogP contribution is 2.53. The Bertz CT molecular complexity index is 5320. The maximum atomic E-state index is 13.2. The number of aromatic nitrogens is 5. The molecule has 0 aliphatic rings. The molecule has 0 fully saturated rings. The Hall–Kier alpha value is -10.7. The quantitative estimate of drug-likeness (QED) is 0.160. The largest absolute Gasteiger partial charge is 0.306 e. The number of aryl methyl sites for hydroxylation is 8. The van der Waals surface area contributed by atoms with E-state index < -0.39 is 0 Å². The van der Waals surface area contributed by atoms with Crippen LogP contribution >= 0.6 is 0 Å². The lowest BCUT2D eigenvalue weighted by Gasteiger charge is -2.30. The Labute approximate surface area is 499 Å². The number of benzene rings is 11. The van der Waals surface area contributed by atoms with Crippen molar-refractivity contribution in [3.8, 4) is 62.5 Å². The van der Waals surface area contributed by atoms with Crippen LogP contribution in [0.1, 0.15) is 50.1 Å². The van der Waals surface area contributed by atoms with Gasteiger partial charge in [-0.15, -0.1) is 0 Å². The van der Waals surface area contributed by atoms with E-state index in [1.807, 2.05) is 0 Å². The van der Waals surface area contributed by atoms with Gasteiger partial charge in [0.05, 0.1) is 83.8 Å². The highest BCUT2D eigenvalue weighted by Gasteiger charge is 2.36. The molecule has 0 radical (unpaired) electrons. The molecule has 0 saturated carbocycles. The van der Waals surface area contributed by atoms with E-state index in [4.69, 9.17) is 4.98 Å². The predicted octanol–water partition coefficient (Wildman–Crippen LogP) is 20.8. The van der Waals surface area contributed by atoms with E-state index in [2.05, 4.69) is 298 Å². The second-order valence-electron chi connectivity index (χ2n) is 24.1. The first-order valence-corrected chi connectivity index (χ1v) is 29.7. The summed E-state index contributed by atoms with van der Waals surface area (Å²) in [5, 5.41) is 22.3. The summed E-state index contributed by atoms with van der Waals surface area (Å²) in [6, 6.07) is 83.6. The van der Waals surface area contributed by atoms with Crippen molar-refractivity contribution in [3.05, 3.63) is 268 Å². The van der Waals surface area contributed by atoms with Crippen molar-refractivity contribution in [1.29, 1.82) is 5.26 Å². The van der Waals surface area contributed by atoms with Crippen LogP contribution in [0.3, 0.4) is 0 Å². The molecule has 0 unspecified atom stereocenters. The molecule has 0 bridgehead atoms. The number of nitrogens with zero attached hydrogens (tertiary/aromatic N) is 6. The third-order valence-corrected chi connectivity index (χ3v) is 18.0. The number of hydrogen-bond donors (Lipinski definition) is 0. The van der Waals surface area contributed by atoms with Gasteiger partial charge in [0.25, 0.3) is 0 Å². The van der Waals surface area contributed by atoms with Crippen LogP contribution in [0.4, 0.5) is 0 Å². The van der Waals surface area contributed by atoms with Crippen LogP contribution in [-0.4, -0.2) is 23.3 Å². The molecule has 6 heteroatoms. The number of nitriles is 1. The molecule has 0 spiro atoms. The Morgan fingerprint density at radius 2 is 0.512 bits per heavy atom. The molecule has 0 amide bonds. The molecule has 0 atom stereocenters. The van der Waals surface area contributed by atoms with Gasteiger partial charge >= 0.3 is 0 Å². The van der Waals surface area contributed by atoms with Gasteiger partial charge in [-0.1, -0.05) is 154 Å². The van der Waals surface area contributed by atoms with E-state index in [9.17, 15) is 5.26 Å². The summed E-state index contributed by atoms with van der Waals surface area (Å²) >= 11 is 0. The van der Waals surface area contributed by atoms with E-state index in [0.29, 0.717) is 5.56 Å². The van der Waals surface area contributed by atoms with Crippen LogP contribution in [0.25, 0.3) is 144 Å². The van der Waals surface area contributed by atoms with E-state index in [1.54, 1.807) is 0 Å². The fourth-order valence-corrected chi connectivity index (χ4v) is 14.1. The molecule has 5 aromatic heterocycles. The summed E-state index contributed by atoms with van der Waals surface area (Å²) in [6.45, 7) is 17.5. The van der Waals surface area contributed by atoms with Crippen molar-refractivity contribution < 1.29 is 0 Å². The lowest BCUT2D eigenvalue weighted by molar-refractivity contribution is 1.02. The zero-order chi connectivity index (χ0) is 58.4. The van der Waals surface area contributed by atoms with E-state index in [0.717, 1.165) is 155 Å². The maximum absolute atomic E-state index is 13.2. The molecular formula is C80H60N6. The van der Waals surface area contributed by atoms with E-state index >= 15 is 0 Å². The summed E-state index contributed by atoms with van der Waals surface area (Å²) in [6.07, 6.45) is 0. The minimum Gasteiger partial charge on any atom is -0.306 e. The van der Waals surface area contributed by atoms with Gasteiger partial charge in [-0.25, -0.2) is 4.98 Å². The van der Waals surface area contributed by atoms with E-state index in [1.165, 1.54) is 33.4 Å². The molecular weight excluding hydrogens is 1040 g/mol. The van der Waals surface area contributed by atoms with Gasteiger partial charge < -0.3 is 18.3 Å². The summed E-state index contributed by atoms with van der Waals surface area (Å²) < 4.78 is 10.0. The van der Waals surface area contributed by atoms with E-state index in [-0.39, 0.29) is 0 Å². The zero-order valence-electron chi connectivity index (χ0n) is 49.5. The predicted molar refractivity (Wildman–Crippen MR) is 361 cm³/mol. The highest BCUT2D eigenvalue weighted by atomic mass is 15.1. The van der Waals surface area contributed by atoms with Gasteiger partial charge in [-0.2, -0.15) is 5.26 Å². The van der Waals surface area contributed by atoms with Gasteiger partial charge in [0.1, 0.15) is 6.07 Å². The molecule has 16 rings (SSSR count). The number of rotatable bonds is 7. The number of pyridine rings is 1. The molecule has 410 valence electrons. The normalized spacial score (nSPS) is 11.9. The first-order valence-electron chi connectivity index (χ1n) is 29.7. The second-order valence-corrected chi connectivity index (χ2v) is 24.1. The Morgan fingerprint density at radius 3 is 0.779 bits per heavy atom. The van der Waals surface area contributed by atoms with Gasteiger partial charge in [0.15, 0.2) is 0 Å². The lowest BCUT2D eigenvalue weighted by Crippen LogP contribution is -2.17. The van der Waals surface area contributed by atoms with Crippen LogP contribution in [-0.2, 0) is 0 Å². The first-order chi connectivity index (χ1) is 41.9. The molecule has 6 nitrogen and oxygen atoms in total. The minimum absolute atomic E-state index is 0.527. The van der Waals surface area contributed by atoms with Crippen LogP contribution < -0.4 is 0 Å². The SMILES string of the molecule is Cc1ccc2c(c1)c1cc(C)ccc1n2-c1c(C#N)c(-c2cc(-c3ccccc3)nc(-c3ccccc3)c2)c(-n2c3ccc(C)cc3c3cc(C)ccc32)c(-n2c3ccc(C)cc3c3cc(C)ccc32)c1-n1c2ccc(C)cc2c2cc(C)ccc21. The van der Waals surface area contributed by atoms with Gasteiger partial charge in [0, 0.05) is 59.8 Å². The average molecular weight is 1110 g/mol. The Kier molecular flexibility index (Phi) is 11.3. The standard InChI is InChI=1S/C80H60N6/c1-46-19-27-68-57(35-46)58-36-47(2)20-28-69(58)83(68)77-65(45-81)76(56-43-66(54-15-11-9-12-16-54)82-67(44-56)55-17-13-10-14-18-55)78(84-70-29-21-48(3)37-59(70)60-38-49(4)22-30-71(60)84)80(86-74-33-25-52(7)41-63(74)64-42-53(8)26-34-75(64)86)79(77)85-72-31-23-50(5)39-61(72)62-40-51(6)24-32-73(62)85/h9-44H,1-8H3. The zero-order valence-corrected chi connectivity index (χ0v) is 49.5. The topological polar surface area (TPSA) is 56.4 Å². The van der Waals surface area contributed by atoms with Crippen molar-refractivity contribution in [2.45, 2.75) is 55.4 Å². The molecule has 86 heavy (non-hydrogen) atoms. The second kappa shape index (κ2) is 19.2. The van der Waals surface area contributed by atoms with Crippen LogP contribution in [0.15, 0.2) is 218 Å². The van der Waals surface area contributed by atoms with Gasteiger partial charge in [0.2, 0.25) is 0 Å². The fourth-order valence-electron chi connectivity index (χ4n) is 14.1. The van der Waals surface area contributed by atoms with Crippen LogP contribution in [0.2, 0.25) is 0 Å². The van der Waals surface area contributed by atoms with Gasteiger partial charge in [-0.05, 0) is 170 Å². The van der Waals surface area contributed by atoms with Crippen molar-refractivity contribution in [3.63, 3.8) is 0 Å². The Balaban J connectivity index is 1.28. The minimum atomic E-state index is 0.527. The molecule has 0 N–H and O–H groups in total. The molecule has 16 aromatic rings. The third-order valence-electron chi connectivity index (χ3n) is 18.0. The maximum Gasteiger partial charge on any atom is 0.102 e. The summed E-state index contributed by atoms with van der Waals surface area (Å²) in [4.78, 5) is 5.54. The van der Waals surface area contributed by atoms with Crippen molar-refractivity contribution >= 4 is 87.2 Å². The highest BCUT2D eigenvalue weighted by molar-refractivity contribution is 6.18. The fraction of sp³-hybridized carbons (Fsp3) is 0.100. The summed E-state index contributed by atoms with van der Waals surface area (Å²) in [7, 11) is 0. The average Bonchev–Trinajstić information content (AvgIpc) is 1.43. The first kappa shape index (κ1) is 50.9. The van der Waals surface area contributed by atoms with Gasteiger partial charge in [-0.3, -0.25) is 0 Å². The lowest BCUT2D eigenvalue weighted by atomic mass is 9.91. The molecule has 11 aromatic carbocycles. The number of fused-ring (bicyclic) bond motifs is 12. The molecule has 0 saturated heterocycles. The summed E-state index contributed by atoms with van der Waals surface area (Å²) in [5.41, 5.74) is 26.8. The smallest absolute Gasteiger partial charge is 0.102 e. The Morgan fingerprint density at radius 1 is 0.267 bits per heavy atom. The van der Waals surface area contributed by atoms with Crippen molar-refractivity contribution in [2.75, 3.05) is 0 Å². The molecule has 0 aliphatic carbocycles. The third kappa shape index (κ3) is 7.67. The van der Waals surface area contributed by atoms with Crippen LogP contribution in [0, 0.1) is 66.7 Å². The monoisotopic (exact) mass is 1100 g/mol. The van der Waals surface area contributed by atoms with Crippen molar-refractivity contribution in [1.82, 2.24) is 23.3 Å². The summed E-state index contributed by atoms with van der Waals surface area (Å²) in [5.74, 6) is 0. The number of hydrogen-bond acceptors (Lipinski definition) is 2. The molecule has 0 aliphatic heterocycles.